The number of aromatic nitrogens is 2. The van der Waals surface area contributed by atoms with E-state index in [0.29, 0.717) is 88.8 Å². The van der Waals surface area contributed by atoms with Gasteiger partial charge >= 0.3 is 0 Å². The van der Waals surface area contributed by atoms with Crippen molar-refractivity contribution in [1.29, 1.82) is 0 Å². The molecule has 0 radical (unpaired) electrons. The first-order valence-corrected chi connectivity index (χ1v) is 44.0. The predicted octanol–water partition coefficient (Wildman–Crippen LogP) is 18.9. The Morgan fingerprint density at radius 2 is 0.588 bits per heavy atom. The maximum atomic E-state index is 9.12. The molecule has 2 aromatic heterocycles. The Bertz CT molecular complexity index is 1980. The summed E-state index contributed by atoms with van der Waals surface area (Å²) in [4.78, 5) is 8.41. The van der Waals surface area contributed by atoms with Gasteiger partial charge in [-0.25, -0.2) is 9.97 Å². The van der Waals surface area contributed by atoms with Crippen LogP contribution in [0, 0.1) is 59.2 Å². The van der Waals surface area contributed by atoms with Crippen LogP contribution in [0.1, 0.15) is 204 Å². The summed E-state index contributed by atoms with van der Waals surface area (Å²) in [7, 11) is -4.69. The zero-order valence-corrected chi connectivity index (χ0v) is 63.1. The van der Waals surface area contributed by atoms with Gasteiger partial charge in [0.2, 0.25) is 11.8 Å². The highest BCUT2D eigenvalue weighted by Crippen LogP contribution is 2.41. The van der Waals surface area contributed by atoms with E-state index in [9.17, 15) is 0 Å². The molecule has 2 aromatic rings. The van der Waals surface area contributed by atoms with Crippen molar-refractivity contribution in [2.24, 2.45) is 59.2 Å². The lowest BCUT2D eigenvalue weighted by atomic mass is 9.81. The summed E-state index contributed by atoms with van der Waals surface area (Å²) in [6.07, 6.45) is 29.3. The number of halogens is 2. The molecule has 5 fully saturated rings. The van der Waals surface area contributed by atoms with Crippen LogP contribution in [-0.2, 0) is 13.3 Å². The van der Waals surface area contributed by atoms with E-state index in [0.717, 1.165) is 117 Å². The molecule has 0 spiro atoms. The quantitative estimate of drug-likeness (QED) is 0.0937. The van der Waals surface area contributed by atoms with Crippen molar-refractivity contribution in [3.63, 3.8) is 0 Å². The normalized spacial score (nSPS) is 26.1. The first-order valence-electron chi connectivity index (χ1n) is 33.7. The molecule has 0 aliphatic heterocycles. The highest BCUT2D eigenvalue weighted by atomic mass is 79.9. The SMILES string of the molecule is CC(C)(C)[Si](C)(C)OCC1CCC(CO)CC1.CC(C)(C)[Si](C)(C)OCC1CCC(COc2cc(Br)ccn2)CC1.CCC1CCC(CO[Si](C)(C)C(C)(C)C)CC1.OCC1CCC(CO)CC1.OCC1CCC(COc2cc(Br)ccn2)CC1. The first kappa shape index (κ1) is 78.5. The van der Waals surface area contributed by atoms with E-state index in [1.165, 1.54) is 83.5 Å². The lowest BCUT2D eigenvalue weighted by Gasteiger charge is -2.38. The smallest absolute Gasteiger partial charge is 0.214 e. The Balaban J connectivity index is 0.000000284. The minimum atomic E-state index is -1.61. The molecule has 16 heteroatoms. The van der Waals surface area contributed by atoms with Crippen LogP contribution in [0.3, 0.4) is 0 Å². The molecule has 0 bridgehead atoms. The lowest BCUT2D eigenvalue weighted by Crippen LogP contribution is -2.42. The van der Waals surface area contributed by atoms with Gasteiger partial charge in [0.1, 0.15) is 0 Å². The summed E-state index contributed by atoms with van der Waals surface area (Å²) in [5, 5.41) is 36.7. The third kappa shape index (κ3) is 30.5. The van der Waals surface area contributed by atoms with Crippen molar-refractivity contribution in [3.8, 4) is 11.8 Å². The minimum Gasteiger partial charge on any atom is -0.477 e. The molecule has 7 rings (SSSR count). The predicted molar refractivity (Wildman–Crippen MR) is 370 cm³/mol. The first-order chi connectivity index (χ1) is 39.8. The van der Waals surface area contributed by atoms with Gasteiger partial charge < -0.3 is 43.2 Å². The van der Waals surface area contributed by atoms with Gasteiger partial charge in [-0.15, -0.1) is 0 Å². The Morgan fingerprint density at radius 1 is 0.376 bits per heavy atom. The van der Waals surface area contributed by atoms with Crippen LogP contribution in [0.4, 0.5) is 0 Å². The van der Waals surface area contributed by atoms with Crippen LogP contribution in [0.15, 0.2) is 45.6 Å². The second-order valence-electron chi connectivity index (χ2n) is 31.0. The molecule has 85 heavy (non-hydrogen) atoms. The largest absolute Gasteiger partial charge is 0.477 e. The maximum absolute atomic E-state index is 9.12. The molecule has 4 N–H and O–H groups in total. The molecule has 2 heterocycles. The fourth-order valence-electron chi connectivity index (χ4n) is 11.1. The Labute approximate surface area is 540 Å². The minimum absolute atomic E-state index is 0.301. The number of aliphatic hydroxyl groups is 4. The highest BCUT2D eigenvalue weighted by molar-refractivity contribution is 9.10. The summed E-state index contributed by atoms with van der Waals surface area (Å²) in [6, 6.07) is 7.62. The number of rotatable bonds is 20. The lowest BCUT2D eigenvalue weighted by molar-refractivity contribution is 0.131. The van der Waals surface area contributed by atoms with Gasteiger partial charge in [-0.2, -0.15) is 0 Å². The van der Waals surface area contributed by atoms with Crippen LogP contribution < -0.4 is 9.47 Å². The Hall–Kier alpha value is -0.769. The molecule has 0 saturated heterocycles. The number of nitrogens with zero attached hydrogens (tertiary/aromatic N) is 2. The Kier molecular flexibility index (Phi) is 35.9. The molecule has 0 amide bonds. The fourth-order valence-corrected chi connectivity index (χ4v) is 15.0. The van der Waals surface area contributed by atoms with Crippen molar-refractivity contribution in [2.75, 3.05) is 59.5 Å². The maximum Gasteiger partial charge on any atom is 0.214 e. The second-order valence-corrected chi connectivity index (χ2v) is 47.3. The van der Waals surface area contributed by atoms with Crippen LogP contribution in [0.2, 0.25) is 54.4 Å². The van der Waals surface area contributed by atoms with E-state index in [4.69, 9.17) is 43.2 Å². The van der Waals surface area contributed by atoms with Gasteiger partial charge in [0.05, 0.1) is 13.2 Å². The highest BCUT2D eigenvalue weighted by Gasteiger charge is 2.40. The molecule has 0 unspecified atom stereocenters. The van der Waals surface area contributed by atoms with Crippen molar-refractivity contribution >= 4 is 56.8 Å². The van der Waals surface area contributed by atoms with Crippen LogP contribution in [-0.4, -0.2) is 115 Å². The van der Waals surface area contributed by atoms with Crippen molar-refractivity contribution < 1.29 is 43.2 Å². The van der Waals surface area contributed by atoms with Crippen molar-refractivity contribution in [3.05, 3.63) is 45.6 Å². The van der Waals surface area contributed by atoms with Crippen LogP contribution in [0.5, 0.6) is 11.8 Å². The van der Waals surface area contributed by atoms with E-state index in [-0.39, 0.29) is 0 Å². The van der Waals surface area contributed by atoms with Gasteiger partial charge in [0, 0.05) is 79.7 Å². The van der Waals surface area contributed by atoms with E-state index in [1.807, 2.05) is 24.3 Å². The second kappa shape index (κ2) is 38.9. The molecule has 494 valence electrons. The van der Waals surface area contributed by atoms with Gasteiger partial charge in [-0.1, -0.05) is 120 Å². The molecule has 0 aromatic carbocycles. The van der Waals surface area contributed by atoms with Crippen LogP contribution >= 0.6 is 31.9 Å². The summed E-state index contributed by atoms with van der Waals surface area (Å²) in [6.45, 7) is 43.0. The number of aliphatic hydroxyl groups excluding tert-OH is 4. The number of hydrogen-bond donors (Lipinski definition) is 4. The van der Waals surface area contributed by atoms with Crippen LogP contribution in [0.25, 0.3) is 0 Å². The van der Waals surface area contributed by atoms with E-state index >= 15 is 0 Å². The Morgan fingerprint density at radius 3 is 0.788 bits per heavy atom. The summed E-state index contributed by atoms with van der Waals surface area (Å²) in [5.41, 5.74) is 0. The van der Waals surface area contributed by atoms with E-state index in [1.54, 1.807) is 12.4 Å². The van der Waals surface area contributed by atoms with E-state index < -0.39 is 25.0 Å². The average Bonchev–Trinajstić information content (AvgIpc) is 3.68. The standard InChI is InChI=1S/C19H32BrNO2Si.C15H32OSi.C14H30O2Si.C13H18BrNO2.C8H16O2/c1-19(2,3)24(4,5)23-14-16-8-6-15(7-9-16)13-22-18-12-17(20)10-11-21-18;1-7-13-8-10-14(11-9-13)12-16-17(5,6)15(2,3)4;1-14(2,3)17(4,5)16-11-13-8-6-12(10-15)7-9-13;14-12-5-6-15-13(7-12)17-9-11-3-1-10(8-16)2-4-11;9-5-7-1-2-8(6-10)4-3-7/h10-12,15-16H,6-9,13-14H2,1-5H3;13-14H,7-12H2,1-6H3;12-13,15H,6-11H2,1-5H3;5-7,10-11,16H,1-4,8-9H2;7-10H,1-6H2. The number of pyridine rings is 2. The van der Waals surface area contributed by atoms with Gasteiger partial charge in [-0.3, -0.25) is 0 Å². The fraction of sp³-hybridized carbons (Fsp3) is 0.855. The average molecular weight is 1370 g/mol. The van der Waals surface area contributed by atoms with Gasteiger partial charge in [-0.05, 0) is 241 Å². The van der Waals surface area contributed by atoms with Gasteiger partial charge in [0.15, 0.2) is 25.0 Å². The van der Waals surface area contributed by atoms with E-state index in [2.05, 4.69) is 150 Å². The third-order valence-corrected chi connectivity index (χ3v) is 35.7. The topological polar surface area (TPSA) is 153 Å². The molecular formula is C69H128Br2N2O9Si3. The van der Waals surface area contributed by atoms with Gasteiger partial charge in [0.25, 0.3) is 0 Å². The molecule has 5 aliphatic rings. The molecule has 11 nitrogen and oxygen atoms in total. The zero-order chi connectivity index (χ0) is 63.5. The summed E-state index contributed by atoms with van der Waals surface area (Å²) in [5.74, 6) is 8.04. The summed E-state index contributed by atoms with van der Waals surface area (Å²) >= 11 is 6.85. The third-order valence-electron chi connectivity index (χ3n) is 21.2. The summed E-state index contributed by atoms with van der Waals surface area (Å²) < 4.78 is 32.6. The molecule has 5 saturated carbocycles. The number of ether oxygens (including phenoxy) is 2. The molecule has 0 atom stereocenters. The zero-order valence-electron chi connectivity index (χ0n) is 56.9. The number of hydrogen-bond acceptors (Lipinski definition) is 11. The van der Waals surface area contributed by atoms with Crippen molar-refractivity contribution in [1.82, 2.24) is 9.97 Å². The monoisotopic (exact) mass is 1370 g/mol. The van der Waals surface area contributed by atoms with Crippen molar-refractivity contribution in [2.45, 2.75) is 258 Å². The molecule has 5 aliphatic carbocycles. The molecular weight excluding hydrogens is 1240 g/mol.